The number of nitrogens with one attached hydrogen (secondary N) is 1. The summed E-state index contributed by atoms with van der Waals surface area (Å²) in [6.07, 6.45) is 1.56. The molecule has 162 valence electrons. The number of anilines is 1. The molecular weight excluding hydrogens is 402 g/mol. The van der Waals surface area contributed by atoms with Gasteiger partial charge in [-0.25, -0.2) is 8.78 Å². The minimum absolute atomic E-state index is 0.0427. The van der Waals surface area contributed by atoms with E-state index in [0.29, 0.717) is 30.2 Å². The average Bonchev–Trinajstić information content (AvgIpc) is 3.33. The lowest BCUT2D eigenvalue weighted by molar-refractivity contribution is -0.117. The van der Waals surface area contributed by atoms with Crippen LogP contribution in [0.4, 0.5) is 14.6 Å². The molecule has 1 N–H and O–H groups in total. The monoisotopic (exact) mass is 426 g/mol. The Bertz CT molecular complexity index is 1090. The Hall–Kier alpha value is -3.44. The molecule has 0 bridgehead atoms. The van der Waals surface area contributed by atoms with E-state index in [1.165, 1.54) is 18.2 Å². The van der Waals surface area contributed by atoms with Gasteiger partial charge >= 0.3 is 0 Å². The first-order valence-electron chi connectivity index (χ1n) is 9.92. The van der Waals surface area contributed by atoms with Crippen molar-refractivity contribution >= 4 is 11.7 Å². The molecule has 3 aromatic rings. The van der Waals surface area contributed by atoms with Crippen molar-refractivity contribution < 1.29 is 18.0 Å². The molecule has 1 amide bonds. The number of nitrogens with zero attached hydrogens (tertiary/aromatic N) is 3. The molecule has 2 heterocycles. The lowest BCUT2D eigenvalue weighted by atomic mass is 10.2. The van der Waals surface area contributed by atoms with E-state index in [0.717, 1.165) is 11.3 Å². The fraction of sp³-hybridized carbons (Fsp3) is 0.304. The molecule has 0 unspecified atom stereocenters. The van der Waals surface area contributed by atoms with E-state index in [1.54, 1.807) is 24.2 Å². The summed E-state index contributed by atoms with van der Waals surface area (Å²) in [5.41, 5.74) is 1.90. The van der Waals surface area contributed by atoms with Crippen LogP contribution in [0.1, 0.15) is 35.1 Å². The van der Waals surface area contributed by atoms with Gasteiger partial charge < -0.3 is 14.3 Å². The summed E-state index contributed by atoms with van der Waals surface area (Å²) in [4.78, 5) is 14.4. The van der Waals surface area contributed by atoms with Gasteiger partial charge in [0, 0.05) is 17.8 Å². The fourth-order valence-electron chi connectivity index (χ4n) is 3.45. The third-order valence-electron chi connectivity index (χ3n) is 5.35. The van der Waals surface area contributed by atoms with Crippen LogP contribution in [0.25, 0.3) is 0 Å². The van der Waals surface area contributed by atoms with Crippen molar-refractivity contribution in [1.29, 1.82) is 5.26 Å². The first-order valence-corrected chi connectivity index (χ1v) is 9.92. The number of hydrogen-bond donors (Lipinski definition) is 1. The number of benzene rings is 1. The van der Waals surface area contributed by atoms with Crippen LogP contribution in [0.2, 0.25) is 0 Å². The molecule has 8 heteroatoms. The number of hydrogen-bond acceptors (Lipinski definition) is 4. The number of nitriles is 1. The van der Waals surface area contributed by atoms with E-state index in [4.69, 9.17) is 4.42 Å². The minimum atomic E-state index is -0.649. The smallest absolute Gasteiger partial charge is 0.239 e. The molecule has 0 fully saturated rings. The standard InChI is InChI=1S/C23H24F2N4O2/c1-4-28(13-19-20(24)8-5-9-21(19)25)14-22(30)27-23-18(11-26)15(2)16(3)29(23)12-17-7-6-10-31-17/h5-10H,4,12-14H2,1-3H3,(H,27,30). The second-order valence-corrected chi connectivity index (χ2v) is 7.26. The maximum atomic E-state index is 14.0. The predicted octanol–water partition coefficient (Wildman–Crippen LogP) is 4.36. The van der Waals surface area contributed by atoms with Gasteiger partial charge in [-0.1, -0.05) is 13.0 Å². The molecule has 0 aliphatic carbocycles. The summed E-state index contributed by atoms with van der Waals surface area (Å²) in [7, 11) is 0. The fourth-order valence-corrected chi connectivity index (χ4v) is 3.45. The van der Waals surface area contributed by atoms with E-state index in [1.807, 2.05) is 24.5 Å². The summed E-state index contributed by atoms with van der Waals surface area (Å²) in [5, 5.41) is 12.4. The number of carbonyl (C=O) groups excluding carboxylic acids is 1. The molecule has 0 atom stereocenters. The molecule has 3 rings (SSSR count). The number of amides is 1. The van der Waals surface area contributed by atoms with Gasteiger partial charge in [-0.05, 0) is 50.2 Å². The van der Waals surface area contributed by atoms with Crippen molar-refractivity contribution in [2.24, 2.45) is 0 Å². The van der Waals surface area contributed by atoms with E-state index in [2.05, 4.69) is 11.4 Å². The lowest BCUT2D eigenvalue weighted by Gasteiger charge is -2.21. The highest BCUT2D eigenvalue weighted by Gasteiger charge is 2.22. The molecule has 31 heavy (non-hydrogen) atoms. The van der Waals surface area contributed by atoms with E-state index < -0.39 is 11.6 Å². The molecule has 0 spiro atoms. The number of likely N-dealkylation sites (N-methyl/N-ethyl adjacent to an activating group) is 1. The van der Waals surface area contributed by atoms with Gasteiger partial charge in [0.15, 0.2) is 0 Å². The van der Waals surface area contributed by atoms with Crippen molar-refractivity contribution in [1.82, 2.24) is 9.47 Å². The molecule has 0 aliphatic heterocycles. The number of furan rings is 1. The van der Waals surface area contributed by atoms with Crippen LogP contribution in [0.3, 0.4) is 0 Å². The zero-order chi connectivity index (χ0) is 22.5. The predicted molar refractivity (Wildman–Crippen MR) is 112 cm³/mol. The number of aromatic nitrogens is 1. The first-order chi connectivity index (χ1) is 14.8. The average molecular weight is 426 g/mol. The minimum Gasteiger partial charge on any atom is -0.467 e. The van der Waals surface area contributed by atoms with Gasteiger partial charge in [-0.2, -0.15) is 5.26 Å². The molecule has 0 saturated carbocycles. The van der Waals surface area contributed by atoms with Gasteiger partial charge in [0.2, 0.25) is 5.91 Å². The summed E-state index contributed by atoms with van der Waals surface area (Å²) in [6.45, 7) is 6.14. The molecule has 0 radical (unpaired) electrons. The van der Waals surface area contributed by atoms with Crippen LogP contribution in [0.15, 0.2) is 41.0 Å². The van der Waals surface area contributed by atoms with Crippen molar-refractivity contribution in [3.63, 3.8) is 0 Å². The lowest BCUT2D eigenvalue weighted by Crippen LogP contribution is -2.34. The number of halogens is 2. The van der Waals surface area contributed by atoms with Crippen LogP contribution < -0.4 is 5.32 Å². The zero-order valence-corrected chi connectivity index (χ0v) is 17.7. The van der Waals surface area contributed by atoms with Crippen LogP contribution in [0, 0.1) is 36.8 Å². The maximum Gasteiger partial charge on any atom is 0.239 e. The Balaban J connectivity index is 1.80. The highest BCUT2D eigenvalue weighted by atomic mass is 19.1. The molecule has 0 aliphatic rings. The summed E-state index contributed by atoms with van der Waals surface area (Å²) in [5.74, 6) is -0.614. The summed E-state index contributed by atoms with van der Waals surface area (Å²) < 4.78 is 35.2. The maximum absolute atomic E-state index is 14.0. The molecule has 0 saturated heterocycles. The zero-order valence-electron chi connectivity index (χ0n) is 17.7. The van der Waals surface area contributed by atoms with Crippen molar-refractivity contribution in [2.75, 3.05) is 18.4 Å². The first kappa shape index (κ1) is 22.2. The molecular formula is C23H24F2N4O2. The Morgan fingerprint density at radius 2 is 1.94 bits per heavy atom. The normalized spacial score (nSPS) is 11.0. The van der Waals surface area contributed by atoms with Crippen LogP contribution in [-0.2, 0) is 17.9 Å². The highest BCUT2D eigenvalue weighted by molar-refractivity contribution is 5.93. The van der Waals surface area contributed by atoms with Crippen LogP contribution in [-0.4, -0.2) is 28.5 Å². The topological polar surface area (TPSA) is 74.2 Å². The van der Waals surface area contributed by atoms with Gasteiger partial charge in [0.25, 0.3) is 0 Å². The Kier molecular flexibility index (Phi) is 6.88. The van der Waals surface area contributed by atoms with Crippen LogP contribution >= 0.6 is 0 Å². The van der Waals surface area contributed by atoms with Gasteiger partial charge in [0.05, 0.1) is 24.9 Å². The van der Waals surface area contributed by atoms with Crippen LogP contribution in [0.5, 0.6) is 0 Å². The Morgan fingerprint density at radius 1 is 1.23 bits per heavy atom. The van der Waals surface area contributed by atoms with Crippen molar-refractivity contribution in [3.8, 4) is 6.07 Å². The number of rotatable bonds is 8. The summed E-state index contributed by atoms with van der Waals surface area (Å²) >= 11 is 0. The molecule has 1 aromatic carbocycles. The van der Waals surface area contributed by atoms with Gasteiger partial charge in [0.1, 0.15) is 29.3 Å². The quantitative estimate of drug-likeness (QED) is 0.581. The molecule has 2 aromatic heterocycles. The third-order valence-corrected chi connectivity index (χ3v) is 5.35. The number of carbonyl (C=O) groups is 1. The second kappa shape index (κ2) is 9.58. The van der Waals surface area contributed by atoms with Crippen molar-refractivity contribution in [3.05, 3.63) is 76.4 Å². The Morgan fingerprint density at radius 3 is 2.52 bits per heavy atom. The van der Waals surface area contributed by atoms with Gasteiger partial charge in [-0.3, -0.25) is 9.69 Å². The third kappa shape index (κ3) is 4.84. The van der Waals surface area contributed by atoms with Crippen molar-refractivity contribution in [2.45, 2.75) is 33.9 Å². The highest BCUT2D eigenvalue weighted by Crippen LogP contribution is 2.27. The van der Waals surface area contributed by atoms with E-state index >= 15 is 0 Å². The SMILES string of the molecule is CCN(CC(=O)Nc1c(C#N)c(C)c(C)n1Cc1ccco1)Cc1c(F)cccc1F. The van der Waals surface area contributed by atoms with E-state index in [-0.39, 0.29) is 24.6 Å². The second-order valence-electron chi connectivity index (χ2n) is 7.26. The Labute approximate surface area is 179 Å². The van der Waals surface area contributed by atoms with E-state index in [9.17, 15) is 18.8 Å². The summed E-state index contributed by atoms with van der Waals surface area (Å²) in [6, 6.07) is 9.43. The largest absolute Gasteiger partial charge is 0.467 e. The van der Waals surface area contributed by atoms with Gasteiger partial charge in [-0.15, -0.1) is 0 Å². The molecule has 6 nitrogen and oxygen atoms in total.